The Balaban J connectivity index is 0.000000423. The summed E-state index contributed by atoms with van der Waals surface area (Å²) in [4.78, 5) is 0. The molecule has 0 heterocycles. The van der Waals surface area contributed by atoms with Crippen molar-refractivity contribution in [3.05, 3.63) is 35.4 Å². The molecule has 0 saturated heterocycles. The summed E-state index contributed by atoms with van der Waals surface area (Å²) in [6.45, 7) is 6.11. The fourth-order valence-corrected chi connectivity index (χ4v) is 0.743. The van der Waals surface area contributed by atoms with E-state index in [2.05, 4.69) is 13.8 Å². The Morgan fingerprint density at radius 1 is 0.933 bits per heavy atom. The monoisotopic (exact) mass is 218 g/mol. The average molecular weight is 218 g/mol. The van der Waals surface area contributed by atoms with Crippen LogP contribution in [0, 0.1) is 6.92 Å². The van der Waals surface area contributed by atoms with Crippen LogP contribution >= 0.6 is 0 Å². The van der Waals surface area contributed by atoms with Gasteiger partial charge in [-0.2, -0.15) is 13.2 Å². The summed E-state index contributed by atoms with van der Waals surface area (Å²) < 4.78 is 35.8. The van der Waals surface area contributed by atoms with E-state index in [1.165, 1.54) is 25.0 Å². The lowest BCUT2D eigenvalue weighted by Gasteiger charge is -2.05. The van der Waals surface area contributed by atoms with Gasteiger partial charge in [0.15, 0.2) is 0 Å². The molecule has 0 aliphatic carbocycles. The number of halogens is 3. The highest BCUT2D eigenvalue weighted by Crippen LogP contribution is 2.28. The highest BCUT2D eigenvalue weighted by Gasteiger charge is 2.29. The zero-order chi connectivity index (χ0) is 11.9. The molecule has 0 N–H and O–H groups in total. The van der Waals surface area contributed by atoms with Crippen LogP contribution in [0.25, 0.3) is 0 Å². The van der Waals surface area contributed by atoms with E-state index >= 15 is 0 Å². The molecule has 0 unspecified atom stereocenters. The van der Waals surface area contributed by atoms with E-state index in [0.717, 1.165) is 17.7 Å². The molecule has 0 aromatic heterocycles. The number of rotatable bonds is 1. The molecule has 15 heavy (non-hydrogen) atoms. The molecule has 86 valence electrons. The van der Waals surface area contributed by atoms with Gasteiger partial charge >= 0.3 is 6.18 Å². The van der Waals surface area contributed by atoms with Crippen LogP contribution < -0.4 is 0 Å². The quantitative estimate of drug-likeness (QED) is 0.634. The Morgan fingerprint density at radius 3 is 1.60 bits per heavy atom. The summed E-state index contributed by atoms with van der Waals surface area (Å²) in [6.07, 6.45) is -1.58. The molecule has 0 saturated carbocycles. The Bertz CT molecular complexity index is 257. The van der Waals surface area contributed by atoms with E-state index < -0.39 is 11.7 Å². The Kier molecular flexibility index (Phi) is 6.06. The van der Waals surface area contributed by atoms with Crippen molar-refractivity contribution < 1.29 is 13.2 Å². The van der Waals surface area contributed by atoms with Crippen molar-refractivity contribution in [2.75, 3.05) is 0 Å². The lowest BCUT2D eigenvalue weighted by atomic mass is 10.1. The first-order chi connectivity index (χ1) is 6.91. The number of unbranched alkanes of at least 4 members (excludes halogenated alkanes) is 1. The first-order valence-corrected chi connectivity index (χ1v) is 5.05. The molecule has 0 spiro atoms. The Labute approximate surface area is 89.1 Å². The summed E-state index contributed by atoms with van der Waals surface area (Å²) in [5, 5.41) is 0. The standard InChI is InChI=1S/C8H7F3.C4H10/c1-6-2-4-7(5-3-6)8(9,10)11;1-3-4-2/h2-5H,1H3;3-4H2,1-2H3. The minimum Gasteiger partial charge on any atom is -0.166 e. The topological polar surface area (TPSA) is 0 Å². The van der Waals surface area contributed by atoms with Crippen LogP contribution in [0.3, 0.4) is 0 Å². The van der Waals surface area contributed by atoms with Gasteiger partial charge < -0.3 is 0 Å². The highest BCUT2D eigenvalue weighted by molar-refractivity contribution is 5.23. The summed E-state index contributed by atoms with van der Waals surface area (Å²) >= 11 is 0. The lowest BCUT2D eigenvalue weighted by Crippen LogP contribution is -2.03. The normalized spacial score (nSPS) is 10.5. The summed E-state index contributed by atoms with van der Waals surface area (Å²) in [5.41, 5.74) is 0.237. The molecule has 1 aromatic rings. The third-order valence-electron chi connectivity index (χ3n) is 1.88. The molecule has 1 aromatic carbocycles. The molecule has 0 nitrogen and oxygen atoms in total. The van der Waals surface area contributed by atoms with Gasteiger partial charge in [-0.3, -0.25) is 0 Å². The van der Waals surface area contributed by atoms with Crippen molar-refractivity contribution in [1.82, 2.24) is 0 Å². The van der Waals surface area contributed by atoms with E-state index in [4.69, 9.17) is 0 Å². The second-order valence-electron chi connectivity index (χ2n) is 3.36. The van der Waals surface area contributed by atoms with Crippen LogP contribution in [0.15, 0.2) is 24.3 Å². The number of hydrogen-bond acceptors (Lipinski definition) is 0. The van der Waals surface area contributed by atoms with Gasteiger partial charge in [0.2, 0.25) is 0 Å². The van der Waals surface area contributed by atoms with Crippen molar-refractivity contribution in [1.29, 1.82) is 0 Å². The van der Waals surface area contributed by atoms with Gasteiger partial charge in [-0.15, -0.1) is 0 Å². The van der Waals surface area contributed by atoms with Gasteiger partial charge in [0.05, 0.1) is 5.56 Å². The summed E-state index contributed by atoms with van der Waals surface area (Å²) in [6, 6.07) is 5.05. The molecule has 3 heteroatoms. The van der Waals surface area contributed by atoms with Crippen LogP contribution in [-0.4, -0.2) is 0 Å². The Morgan fingerprint density at radius 2 is 1.33 bits per heavy atom. The molecule has 0 radical (unpaired) electrons. The molecule has 0 bridgehead atoms. The third-order valence-corrected chi connectivity index (χ3v) is 1.88. The zero-order valence-electron chi connectivity index (χ0n) is 9.36. The molecule has 1 rings (SSSR count). The number of benzene rings is 1. The van der Waals surface area contributed by atoms with Gasteiger partial charge in [-0.25, -0.2) is 0 Å². The van der Waals surface area contributed by atoms with Crippen molar-refractivity contribution in [3.8, 4) is 0 Å². The van der Waals surface area contributed by atoms with E-state index in [-0.39, 0.29) is 0 Å². The minimum absolute atomic E-state index is 0.594. The molecule has 0 fully saturated rings. The van der Waals surface area contributed by atoms with Gasteiger partial charge in [0.25, 0.3) is 0 Å². The van der Waals surface area contributed by atoms with Crippen LogP contribution in [0.4, 0.5) is 13.2 Å². The average Bonchev–Trinajstić information content (AvgIpc) is 2.17. The maximum absolute atomic E-state index is 11.9. The Hall–Kier alpha value is -0.990. The van der Waals surface area contributed by atoms with Gasteiger partial charge in [0, 0.05) is 0 Å². The van der Waals surface area contributed by atoms with Crippen molar-refractivity contribution in [2.24, 2.45) is 0 Å². The van der Waals surface area contributed by atoms with Gasteiger partial charge in [-0.1, -0.05) is 44.4 Å². The summed E-state index contributed by atoms with van der Waals surface area (Å²) in [5.74, 6) is 0. The fraction of sp³-hybridized carbons (Fsp3) is 0.500. The highest BCUT2D eigenvalue weighted by atomic mass is 19.4. The van der Waals surface area contributed by atoms with Crippen molar-refractivity contribution in [3.63, 3.8) is 0 Å². The molecule has 0 aliphatic rings. The van der Waals surface area contributed by atoms with E-state index in [1.54, 1.807) is 6.92 Å². The lowest BCUT2D eigenvalue weighted by molar-refractivity contribution is -0.137. The maximum Gasteiger partial charge on any atom is 0.416 e. The van der Waals surface area contributed by atoms with Crippen LogP contribution in [-0.2, 0) is 6.18 Å². The number of alkyl halides is 3. The van der Waals surface area contributed by atoms with Crippen molar-refractivity contribution >= 4 is 0 Å². The SMILES string of the molecule is CCCC.Cc1ccc(C(F)(F)F)cc1. The van der Waals surface area contributed by atoms with Crippen LogP contribution in [0.2, 0.25) is 0 Å². The smallest absolute Gasteiger partial charge is 0.166 e. The maximum atomic E-state index is 11.9. The number of aryl methyl sites for hydroxylation is 1. The predicted molar refractivity (Wildman–Crippen MR) is 56.8 cm³/mol. The first-order valence-electron chi connectivity index (χ1n) is 5.05. The minimum atomic E-state index is -4.21. The molecule has 0 aliphatic heterocycles. The van der Waals surface area contributed by atoms with E-state index in [9.17, 15) is 13.2 Å². The zero-order valence-corrected chi connectivity index (χ0v) is 9.36. The van der Waals surface area contributed by atoms with Crippen LogP contribution in [0.1, 0.15) is 37.8 Å². The van der Waals surface area contributed by atoms with E-state index in [0.29, 0.717) is 0 Å². The van der Waals surface area contributed by atoms with Crippen molar-refractivity contribution in [2.45, 2.75) is 39.8 Å². The first kappa shape index (κ1) is 14.0. The molecular weight excluding hydrogens is 201 g/mol. The largest absolute Gasteiger partial charge is 0.416 e. The van der Waals surface area contributed by atoms with Gasteiger partial charge in [0.1, 0.15) is 0 Å². The van der Waals surface area contributed by atoms with Crippen LogP contribution in [0.5, 0.6) is 0 Å². The van der Waals surface area contributed by atoms with Gasteiger partial charge in [-0.05, 0) is 19.1 Å². The van der Waals surface area contributed by atoms with E-state index in [1.807, 2.05) is 0 Å². The third kappa shape index (κ3) is 6.15. The number of hydrogen-bond donors (Lipinski definition) is 0. The fourth-order valence-electron chi connectivity index (χ4n) is 0.743. The molecule has 0 amide bonds. The summed E-state index contributed by atoms with van der Waals surface area (Å²) in [7, 11) is 0. The second-order valence-corrected chi connectivity index (χ2v) is 3.36. The molecular formula is C12H17F3. The second kappa shape index (κ2) is 6.49. The molecule has 0 atom stereocenters. The predicted octanol–water partition coefficient (Wildman–Crippen LogP) is 4.82.